The first-order valence-corrected chi connectivity index (χ1v) is 9.21. The normalized spacial score (nSPS) is 14.1. The third-order valence-electron chi connectivity index (χ3n) is 4.55. The molecular weight excluding hydrogens is 347 g/mol. The maximum Gasteiger partial charge on any atom is 0.234 e. The molecule has 0 saturated heterocycles. The molecule has 0 aromatic heterocycles. The van der Waals surface area contributed by atoms with E-state index in [4.69, 9.17) is 9.47 Å². The summed E-state index contributed by atoms with van der Waals surface area (Å²) in [5, 5.41) is 3.01. The van der Waals surface area contributed by atoms with Crippen LogP contribution in [0, 0.1) is 5.82 Å². The van der Waals surface area contributed by atoms with Crippen molar-refractivity contribution < 1.29 is 18.7 Å². The highest BCUT2D eigenvalue weighted by Crippen LogP contribution is 2.32. The summed E-state index contributed by atoms with van der Waals surface area (Å²) in [6, 6.07) is 12.0. The zero-order chi connectivity index (χ0) is 19.2. The standard InChI is InChI=1S/C21H25FN2O3/c1-3-24(13-16-5-4-6-18(22)11-16)14-21(25)23-15(2)17-7-8-19-20(12-17)27-10-9-26-19/h4-8,11-12,15H,3,9-10,13-14H2,1-2H3,(H,23,25). The van der Waals surface area contributed by atoms with Gasteiger partial charge in [0.15, 0.2) is 11.5 Å². The summed E-state index contributed by atoms with van der Waals surface area (Å²) in [5.41, 5.74) is 1.81. The van der Waals surface area contributed by atoms with Gasteiger partial charge in [-0.2, -0.15) is 0 Å². The Morgan fingerprint density at radius 3 is 2.70 bits per heavy atom. The molecule has 1 aliphatic heterocycles. The molecule has 2 aromatic carbocycles. The number of carbonyl (C=O) groups excluding carboxylic acids is 1. The molecule has 0 aliphatic carbocycles. The summed E-state index contributed by atoms with van der Waals surface area (Å²) in [7, 11) is 0. The van der Waals surface area contributed by atoms with Gasteiger partial charge in [0.2, 0.25) is 5.91 Å². The third kappa shape index (κ3) is 5.20. The van der Waals surface area contributed by atoms with Crippen LogP contribution in [0.25, 0.3) is 0 Å². The molecule has 6 heteroatoms. The van der Waals surface area contributed by atoms with Crippen molar-refractivity contribution in [1.82, 2.24) is 10.2 Å². The molecule has 1 heterocycles. The fraction of sp³-hybridized carbons (Fsp3) is 0.381. The monoisotopic (exact) mass is 372 g/mol. The average Bonchev–Trinajstić information content (AvgIpc) is 2.67. The maximum absolute atomic E-state index is 13.3. The van der Waals surface area contributed by atoms with Crippen molar-refractivity contribution in [3.63, 3.8) is 0 Å². The van der Waals surface area contributed by atoms with Crippen LogP contribution < -0.4 is 14.8 Å². The summed E-state index contributed by atoms with van der Waals surface area (Å²) in [6.07, 6.45) is 0. The molecule has 0 saturated carbocycles. The highest BCUT2D eigenvalue weighted by atomic mass is 19.1. The first-order valence-electron chi connectivity index (χ1n) is 9.21. The topological polar surface area (TPSA) is 50.8 Å². The smallest absolute Gasteiger partial charge is 0.234 e. The molecule has 5 nitrogen and oxygen atoms in total. The van der Waals surface area contributed by atoms with E-state index < -0.39 is 0 Å². The average molecular weight is 372 g/mol. The number of rotatable bonds is 7. The number of hydrogen-bond donors (Lipinski definition) is 1. The van der Waals surface area contributed by atoms with Gasteiger partial charge in [0.1, 0.15) is 19.0 Å². The van der Waals surface area contributed by atoms with Crippen LogP contribution in [0.4, 0.5) is 4.39 Å². The van der Waals surface area contributed by atoms with Crippen molar-refractivity contribution in [2.75, 3.05) is 26.3 Å². The molecule has 1 amide bonds. The number of fused-ring (bicyclic) bond motifs is 1. The van der Waals surface area contributed by atoms with E-state index in [1.165, 1.54) is 12.1 Å². The van der Waals surface area contributed by atoms with Gasteiger partial charge in [-0.3, -0.25) is 9.69 Å². The van der Waals surface area contributed by atoms with E-state index in [2.05, 4.69) is 5.32 Å². The molecule has 0 bridgehead atoms. The molecule has 0 fully saturated rings. The van der Waals surface area contributed by atoms with Crippen molar-refractivity contribution in [1.29, 1.82) is 0 Å². The van der Waals surface area contributed by atoms with Gasteiger partial charge in [0.05, 0.1) is 12.6 Å². The Balaban J connectivity index is 1.57. The molecule has 1 unspecified atom stereocenters. The molecule has 0 radical (unpaired) electrons. The van der Waals surface area contributed by atoms with Crippen LogP contribution in [-0.2, 0) is 11.3 Å². The largest absolute Gasteiger partial charge is 0.486 e. The van der Waals surface area contributed by atoms with E-state index in [-0.39, 0.29) is 24.3 Å². The molecule has 27 heavy (non-hydrogen) atoms. The molecular formula is C21H25FN2O3. The lowest BCUT2D eigenvalue weighted by atomic mass is 10.1. The highest BCUT2D eigenvalue weighted by Gasteiger charge is 2.17. The fourth-order valence-corrected chi connectivity index (χ4v) is 3.08. The second-order valence-corrected chi connectivity index (χ2v) is 6.63. The van der Waals surface area contributed by atoms with Crippen LogP contribution in [0.1, 0.15) is 31.0 Å². The molecule has 1 aliphatic rings. The predicted molar refractivity (Wildman–Crippen MR) is 101 cm³/mol. The quantitative estimate of drug-likeness (QED) is 0.810. The molecule has 144 valence electrons. The van der Waals surface area contributed by atoms with Gasteiger partial charge < -0.3 is 14.8 Å². The minimum absolute atomic E-state index is 0.0735. The van der Waals surface area contributed by atoms with E-state index in [0.717, 1.165) is 16.9 Å². The van der Waals surface area contributed by atoms with E-state index in [1.54, 1.807) is 6.07 Å². The molecule has 1 atom stereocenters. The fourth-order valence-electron chi connectivity index (χ4n) is 3.08. The minimum atomic E-state index is -0.264. The molecule has 0 spiro atoms. The number of halogens is 1. The number of hydrogen-bond acceptors (Lipinski definition) is 4. The Morgan fingerprint density at radius 2 is 1.96 bits per heavy atom. The summed E-state index contributed by atoms with van der Waals surface area (Å²) in [4.78, 5) is 14.4. The molecule has 3 rings (SSSR count). The Kier molecular flexibility index (Phi) is 6.29. The Bertz CT molecular complexity index is 797. The predicted octanol–water partition coefficient (Wildman–Crippen LogP) is 3.30. The van der Waals surface area contributed by atoms with Crippen molar-refractivity contribution in [3.8, 4) is 11.5 Å². The second kappa shape index (κ2) is 8.86. The second-order valence-electron chi connectivity index (χ2n) is 6.63. The number of amides is 1. The van der Waals surface area contributed by atoms with Gasteiger partial charge in [-0.05, 0) is 48.9 Å². The van der Waals surface area contributed by atoms with E-state index in [0.29, 0.717) is 32.1 Å². The lowest BCUT2D eigenvalue weighted by molar-refractivity contribution is -0.123. The summed E-state index contributed by atoms with van der Waals surface area (Å²) >= 11 is 0. The number of benzene rings is 2. The zero-order valence-corrected chi connectivity index (χ0v) is 15.7. The van der Waals surface area contributed by atoms with Gasteiger partial charge in [-0.25, -0.2) is 4.39 Å². The van der Waals surface area contributed by atoms with Gasteiger partial charge in [-0.1, -0.05) is 25.1 Å². The van der Waals surface area contributed by atoms with Crippen molar-refractivity contribution in [2.24, 2.45) is 0 Å². The summed E-state index contributed by atoms with van der Waals surface area (Å²) in [6.45, 7) is 6.48. The Morgan fingerprint density at radius 1 is 1.19 bits per heavy atom. The van der Waals surface area contributed by atoms with Crippen LogP contribution >= 0.6 is 0 Å². The lowest BCUT2D eigenvalue weighted by Gasteiger charge is -2.23. The number of likely N-dealkylation sites (N-methyl/N-ethyl adjacent to an activating group) is 1. The first kappa shape index (κ1) is 19.2. The third-order valence-corrected chi connectivity index (χ3v) is 4.55. The lowest BCUT2D eigenvalue weighted by Crippen LogP contribution is -2.38. The van der Waals surface area contributed by atoms with Gasteiger partial charge in [0, 0.05) is 6.54 Å². The van der Waals surface area contributed by atoms with Crippen molar-refractivity contribution in [2.45, 2.75) is 26.4 Å². The number of nitrogens with zero attached hydrogens (tertiary/aromatic N) is 1. The highest BCUT2D eigenvalue weighted by molar-refractivity contribution is 5.78. The van der Waals surface area contributed by atoms with Crippen LogP contribution in [0.3, 0.4) is 0 Å². The van der Waals surface area contributed by atoms with Gasteiger partial charge in [0.25, 0.3) is 0 Å². The van der Waals surface area contributed by atoms with Crippen LogP contribution in [0.5, 0.6) is 11.5 Å². The Labute approximate surface area is 159 Å². The number of nitrogens with one attached hydrogen (secondary N) is 1. The van der Waals surface area contributed by atoms with E-state index >= 15 is 0 Å². The van der Waals surface area contributed by atoms with Gasteiger partial charge in [-0.15, -0.1) is 0 Å². The van der Waals surface area contributed by atoms with Crippen LogP contribution in [-0.4, -0.2) is 37.1 Å². The minimum Gasteiger partial charge on any atom is -0.486 e. The number of carbonyl (C=O) groups is 1. The summed E-state index contributed by atoms with van der Waals surface area (Å²) in [5.74, 6) is 1.10. The maximum atomic E-state index is 13.3. The molecule has 2 aromatic rings. The summed E-state index contributed by atoms with van der Waals surface area (Å²) < 4.78 is 24.5. The number of ether oxygens (including phenoxy) is 2. The van der Waals surface area contributed by atoms with E-state index in [9.17, 15) is 9.18 Å². The van der Waals surface area contributed by atoms with Crippen LogP contribution in [0.2, 0.25) is 0 Å². The zero-order valence-electron chi connectivity index (χ0n) is 15.7. The van der Waals surface area contributed by atoms with E-state index in [1.807, 2.05) is 43.0 Å². The molecule has 1 N–H and O–H groups in total. The SMILES string of the molecule is CCN(CC(=O)NC(C)c1ccc2c(c1)OCCO2)Cc1cccc(F)c1. The van der Waals surface area contributed by atoms with Crippen LogP contribution in [0.15, 0.2) is 42.5 Å². The van der Waals surface area contributed by atoms with Crippen molar-refractivity contribution >= 4 is 5.91 Å². The first-order chi connectivity index (χ1) is 13.0. The Hall–Kier alpha value is -2.60. The van der Waals surface area contributed by atoms with Crippen molar-refractivity contribution in [3.05, 3.63) is 59.4 Å². The van der Waals surface area contributed by atoms with Gasteiger partial charge >= 0.3 is 0 Å².